The molecule has 3 aliphatic rings. The standard InChI is InChI=1S/C29H28N2O3/c32-11-3-10-31-24-9-8-18(16-34-15-17-6-7-17)12-21(24)26-23-14-30-29(33)27(23)25-20-5-2-1-4-19(20)13-22(25)28(26)31/h1-2,4-5,8-9,12,17,32H,3,6-7,10-11,13-16H2,(H,30,33). The second kappa shape index (κ2) is 7.69. The molecule has 34 heavy (non-hydrogen) atoms. The minimum Gasteiger partial charge on any atom is -0.396 e. The molecule has 3 aromatic carbocycles. The van der Waals surface area contributed by atoms with Crippen LogP contribution in [0.15, 0.2) is 42.5 Å². The number of carbonyl (C=O) groups is 1. The number of hydrogen-bond donors (Lipinski definition) is 2. The molecule has 1 aliphatic heterocycles. The van der Waals surface area contributed by atoms with Gasteiger partial charge in [0.15, 0.2) is 0 Å². The number of nitrogens with one attached hydrogen (secondary N) is 1. The lowest BCUT2D eigenvalue weighted by Crippen LogP contribution is -2.13. The Morgan fingerprint density at radius 3 is 2.82 bits per heavy atom. The topological polar surface area (TPSA) is 63.5 Å². The molecular formula is C29H28N2O3. The monoisotopic (exact) mass is 452 g/mol. The van der Waals surface area contributed by atoms with Crippen LogP contribution in [0.25, 0.3) is 32.9 Å². The van der Waals surface area contributed by atoms with Crippen molar-refractivity contribution < 1.29 is 14.6 Å². The van der Waals surface area contributed by atoms with Gasteiger partial charge in [-0.1, -0.05) is 30.3 Å². The number of aryl methyl sites for hydroxylation is 1. The van der Waals surface area contributed by atoms with Crippen LogP contribution in [-0.2, 0) is 30.9 Å². The zero-order chi connectivity index (χ0) is 22.8. The molecule has 1 saturated carbocycles. The fourth-order valence-corrected chi connectivity index (χ4v) is 6.01. The van der Waals surface area contributed by atoms with E-state index in [-0.39, 0.29) is 12.5 Å². The molecule has 2 heterocycles. The van der Waals surface area contributed by atoms with E-state index < -0.39 is 0 Å². The van der Waals surface area contributed by atoms with Crippen LogP contribution < -0.4 is 5.32 Å². The molecule has 0 bridgehead atoms. The lowest BCUT2D eigenvalue weighted by molar-refractivity contribution is 0.0966. The first-order valence-electron chi connectivity index (χ1n) is 12.4. The molecule has 5 nitrogen and oxygen atoms in total. The number of benzene rings is 3. The SMILES string of the molecule is O=C1NCc2c1c1c(c3c2c2cc(COCC4CC4)ccc2n3CCCO)Cc2ccccc2-1. The second-order valence-corrected chi connectivity index (χ2v) is 9.99. The van der Waals surface area contributed by atoms with Gasteiger partial charge in [-0.3, -0.25) is 4.79 Å². The van der Waals surface area contributed by atoms with Crippen molar-refractivity contribution in [3.8, 4) is 11.1 Å². The molecule has 4 aromatic rings. The van der Waals surface area contributed by atoms with E-state index in [0.717, 1.165) is 42.2 Å². The molecule has 7 rings (SSSR count). The summed E-state index contributed by atoms with van der Waals surface area (Å²) in [7, 11) is 0. The maximum absolute atomic E-state index is 13.1. The van der Waals surface area contributed by atoms with Crippen molar-refractivity contribution in [1.82, 2.24) is 9.88 Å². The second-order valence-electron chi connectivity index (χ2n) is 9.99. The van der Waals surface area contributed by atoms with Gasteiger partial charge in [-0.05, 0) is 65.1 Å². The summed E-state index contributed by atoms with van der Waals surface area (Å²) in [5, 5.41) is 15.1. The Morgan fingerprint density at radius 2 is 1.97 bits per heavy atom. The van der Waals surface area contributed by atoms with Gasteiger partial charge in [0.25, 0.3) is 5.91 Å². The van der Waals surface area contributed by atoms with E-state index in [2.05, 4.69) is 52.3 Å². The van der Waals surface area contributed by atoms with Gasteiger partial charge in [-0.15, -0.1) is 0 Å². The first kappa shape index (κ1) is 20.2. The van der Waals surface area contributed by atoms with Crippen LogP contribution in [0.3, 0.4) is 0 Å². The van der Waals surface area contributed by atoms with Gasteiger partial charge in [0.2, 0.25) is 0 Å². The van der Waals surface area contributed by atoms with Gasteiger partial charge in [-0.2, -0.15) is 0 Å². The Labute approximate surface area is 198 Å². The number of aliphatic hydroxyl groups excluding tert-OH is 1. The van der Waals surface area contributed by atoms with Gasteiger partial charge in [0, 0.05) is 54.6 Å². The van der Waals surface area contributed by atoms with Crippen LogP contribution in [0.2, 0.25) is 0 Å². The highest BCUT2D eigenvalue weighted by Gasteiger charge is 2.35. The summed E-state index contributed by atoms with van der Waals surface area (Å²) in [6, 6.07) is 15.1. The minimum atomic E-state index is 0.0324. The van der Waals surface area contributed by atoms with Crippen LogP contribution in [0.1, 0.15) is 51.9 Å². The van der Waals surface area contributed by atoms with Crippen LogP contribution in [0.4, 0.5) is 0 Å². The number of fused-ring (bicyclic) bond motifs is 10. The van der Waals surface area contributed by atoms with Crippen molar-refractivity contribution in [2.45, 2.75) is 45.4 Å². The normalized spacial score (nSPS) is 16.2. The summed E-state index contributed by atoms with van der Waals surface area (Å²) in [6.07, 6.45) is 4.10. The Hall–Kier alpha value is -3.15. The summed E-state index contributed by atoms with van der Waals surface area (Å²) in [4.78, 5) is 13.1. The number of amides is 1. The lowest BCUT2D eigenvalue weighted by atomic mass is 9.92. The summed E-state index contributed by atoms with van der Waals surface area (Å²) < 4.78 is 8.37. The van der Waals surface area contributed by atoms with E-state index in [1.807, 2.05) is 0 Å². The van der Waals surface area contributed by atoms with Crippen molar-refractivity contribution in [2.75, 3.05) is 13.2 Å². The van der Waals surface area contributed by atoms with Crippen LogP contribution in [0.5, 0.6) is 0 Å². The Morgan fingerprint density at radius 1 is 1.09 bits per heavy atom. The highest BCUT2D eigenvalue weighted by Crippen LogP contribution is 2.48. The predicted octanol–water partition coefficient (Wildman–Crippen LogP) is 4.92. The molecule has 5 heteroatoms. The van der Waals surface area contributed by atoms with Crippen molar-refractivity contribution in [3.63, 3.8) is 0 Å². The van der Waals surface area contributed by atoms with Gasteiger partial charge in [-0.25, -0.2) is 0 Å². The average molecular weight is 453 g/mol. The summed E-state index contributed by atoms with van der Waals surface area (Å²) in [5.74, 6) is 0.777. The molecule has 0 radical (unpaired) electrons. The summed E-state index contributed by atoms with van der Waals surface area (Å²) in [5.41, 5.74) is 10.3. The van der Waals surface area contributed by atoms with Gasteiger partial charge >= 0.3 is 0 Å². The van der Waals surface area contributed by atoms with E-state index in [1.165, 1.54) is 56.9 Å². The molecule has 0 unspecified atom stereocenters. The maximum Gasteiger partial charge on any atom is 0.252 e. The first-order valence-corrected chi connectivity index (χ1v) is 12.4. The highest BCUT2D eigenvalue weighted by molar-refractivity contribution is 6.20. The number of hydrogen-bond acceptors (Lipinski definition) is 3. The first-order chi connectivity index (χ1) is 16.7. The van der Waals surface area contributed by atoms with E-state index in [9.17, 15) is 9.90 Å². The molecule has 0 atom stereocenters. The minimum absolute atomic E-state index is 0.0324. The number of aliphatic hydroxyl groups is 1. The Kier molecular flexibility index (Phi) is 4.58. The lowest BCUT2D eigenvalue weighted by Gasteiger charge is -2.13. The highest BCUT2D eigenvalue weighted by atomic mass is 16.5. The van der Waals surface area contributed by atoms with Crippen molar-refractivity contribution in [2.24, 2.45) is 5.92 Å². The van der Waals surface area contributed by atoms with Crippen molar-refractivity contribution in [1.29, 1.82) is 0 Å². The third kappa shape index (κ3) is 2.97. The number of aromatic nitrogens is 1. The smallest absolute Gasteiger partial charge is 0.252 e. The molecular weight excluding hydrogens is 424 g/mol. The molecule has 1 fully saturated rings. The average Bonchev–Trinajstić information content (AvgIpc) is 3.36. The summed E-state index contributed by atoms with van der Waals surface area (Å²) in [6.45, 7) is 2.92. The molecule has 0 saturated heterocycles. The van der Waals surface area contributed by atoms with E-state index in [0.29, 0.717) is 19.6 Å². The molecule has 2 N–H and O–H groups in total. The number of carbonyl (C=O) groups excluding carboxylic acids is 1. The zero-order valence-electron chi connectivity index (χ0n) is 19.2. The number of nitrogens with zero attached hydrogens (tertiary/aromatic N) is 1. The predicted molar refractivity (Wildman–Crippen MR) is 133 cm³/mol. The third-order valence-corrected chi connectivity index (χ3v) is 7.73. The van der Waals surface area contributed by atoms with Crippen molar-refractivity contribution >= 4 is 27.7 Å². The molecule has 172 valence electrons. The van der Waals surface area contributed by atoms with E-state index in [4.69, 9.17) is 4.74 Å². The molecule has 2 aliphatic carbocycles. The molecule has 1 amide bonds. The van der Waals surface area contributed by atoms with Gasteiger partial charge < -0.3 is 19.7 Å². The Bertz CT molecular complexity index is 1480. The van der Waals surface area contributed by atoms with Gasteiger partial charge in [0.1, 0.15) is 0 Å². The van der Waals surface area contributed by atoms with Crippen LogP contribution in [0, 0.1) is 5.92 Å². The zero-order valence-corrected chi connectivity index (χ0v) is 19.2. The maximum atomic E-state index is 13.1. The quantitative estimate of drug-likeness (QED) is 0.369. The number of ether oxygens (including phenoxy) is 1. The molecule has 1 aromatic heterocycles. The molecule has 0 spiro atoms. The van der Waals surface area contributed by atoms with E-state index in [1.54, 1.807) is 0 Å². The Balaban J connectivity index is 1.50. The fraction of sp³-hybridized carbons (Fsp3) is 0.345. The summed E-state index contributed by atoms with van der Waals surface area (Å²) >= 11 is 0. The van der Waals surface area contributed by atoms with Crippen molar-refractivity contribution in [3.05, 3.63) is 70.3 Å². The number of rotatable bonds is 7. The third-order valence-electron chi connectivity index (χ3n) is 7.73. The van der Waals surface area contributed by atoms with E-state index >= 15 is 0 Å². The van der Waals surface area contributed by atoms with Crippen LogP contribution >= 0.6 is 0 Å². The van der Waals surface area contributed by atoms with Crippen LogP contribution in [-0.4, -0.2) is 28.8 Å². The fourth-order valence-electron chi connectivity index (χ4n) is 6.01. The van der Waals surface area contributed by atoms with Gasteiger partial charge in [0.05, 0.1) is 17.7 Å². The largest absolute Gasteiger partial charge is 0.396 e.